The minimum Gasteiger partial charge on any atom is -0.389 e. The van der Waals surface area contributed by atoms with E-state index in [-0.39, 0.29) is 0 Å². The van der Waals surface area contributed by atoms with Crippen molar-refractivity contribution in [2.75, 3.05) is 20.1 Å². The lowest BCUT2D eigenvalue weighted by molar-refractivity contribution is -0.108. The van der Waals surface area contributed by atoms with Gasteiger partial charge >= 0.3 is 0 Å². The van der Waals surface area contributed by atoms with Crippen LogP contribution in [0.1, 0.15) is 20.3 Å². The van der Waals surface area contributed by atoms with E-state index in [1.807, 2.05) is 11.9 Å². The smallest absolute Gasteiger partial charge is 0.121 e. The Morgan fingerprint density at radius 3 is 2.45 bits per heavy atom. The molecule has 0 aliphatic heterocycles. The zero-order valence-electron chi connectivity index (χ0n) is 7.50. The number of rotatable bonds is 5. The van der Waals surface area contributed by atoms with E-state index in [4.69, 9.17) is 0 Å². The molecule has 0 saturated heterocycles. The standard InChI is InChI=1S/C8H17NO2/c1-8(2,11)7-9(3)5-4-6-10/h6,11H,4-5,7H2,1-3H3. The fourth-order valence-corrected chi connectivity index (χ4v) is 1.01. The Morgan fingerprint density at radius 2 is 2.09 bits per heavy atom. The normalized spacial score (nSPS) is 12.1. The van der Waals surface area contributed by atoms with Crippen LogP contribution in [-0.4, -0.2) is 42.0 Å². The summed E-state index contributed by atoms with van der Waals surface area (Å²) in [6.45, 7) is 4.82. The fraction of sp³-hybridized carbons (Fsp3) is 0.875. The predicted octanol–water partition coefficient (Wildman–Crippen LogP) is 0.278. The van der Waals surface area contributed by atoms with Crippen molar-refractivity contribution in [2.45, 2.75) is 25.9 Å². The summed E-state index contributed by atoms with van der Waals surface area (Å²) in [6.07, 6.45) is 1.42. The zero-order chi connectivity index (χ0) is 8.91. The molecule has 0 aromatic carbocycles. The maximum Gasteiger partial charge on any atom is 0.121 e. The maximum atomic E-state index is 9.99. The van der Waals surface area contributed by atoms with Gasteiger partial charge in [-0.1, -0.05) is 0 Å². The highest BCUT2D eigenvalue weighted by Gasteiger charge is 2.14. The molecule has 3 heteroatoms. The Kier molecular flexibility index (Phi) is 4.30. The number of nitrogens with zero attached hydrogens (tertiary/aromatic N) is 1. The number of hydrogen-bond acceptors (Lipinski definition) is 3. The Morgan fingerprint density at radius 1 is 1.55 bits per heavy atom. The van der Waals surface area contributed by atoms with E-state index in [1.165, 1.54) is 0 Å². The molecule has 0 radical (unpaired) electrons. The topological polar surface area (TPSA) is 40.5 Å². The molecule has 0 amide bonds. The van der Waals surface area contributed by atoms with Crippen LogP contribution in [0.3, 0.4) is 0 Å². The van der Waals surface area contributed by atoms with Crippen LogP contribution in [0.2, 0.25) is 0 Å². The van der Waals surface area contributed by atoms with Gasteiger partial charge in [-0.15, -0.1) is 0 Å². The van der Waals surface area contributed by atoms with Gasteiger partial charge in [-0.25, -0.2) is 0 Å². The number of carbonyl (C=O) groups excluding carboxylic acids is 1. The van der Waals surface area contributed by atoms with Crippen LogP contribution < -0.4 is 0 Å². The van der Waals surface area contributed by atoms with E-state index < -0.39 is 5.60 Å². The van der Waals surface area contributed by atoms with Crippen molar-refractivity contribution in [1.29, 1.82) is 0 Å². The van der Waals surface area contributed by atoms with E-state index in [0.29, 0.717) is 19.5 Å². The molecule has 0 aromatic heterocycles. The summed E-state index contributed by atoms with van der Waals surface area (Å²) in [5.41, 5.74) is -0.669. The third kappa shape index (κ3) is 7.49. The minimum absolute atomic E-state index is 0.534. The van der Waals surface area contributed by atoms with Crippen molar-refractivity contribution in [1.82, 2.24) is 4.90 Å². The Labute approximate surface area is 68.0 Å². The van der Waals surface area contributed by atoms with Crippen LogP contribution >= 0.6 is 0 Å². The number of likely N-dealkylation sites (N-methyl/N-ethyl adjacent to an activating group) is 1. The molecular weight excluding hydrogens is 142 g/mol. The summed E-state index contributed by atoms with van der Waals surface area (Å²) in [5, 5.41) is 9.36. The molecule has 1 N–H and O–H groups in total. The van der Waals surface area contributed by atoms with Crippen LogP contribution in [0.5, 0.6) is 0 Å². The second kappa shape index (κ2) is 4.46. The Balaban J connectivity index is 3.51. The van der Waals surface area contributed by atoms with Crippen molar-refractivity contribution in [3.05, 3.63) is 0 Å². The molecule has 0 unspecified atom stereocenters. The zero-order valence-corrected chi connectivity index (χ0v) is 7.50. The fourth-order valence-electron chi connectivity index (χ4n) is 1.01. The molecule has 0 rings (SSSR count). The molecule has 0 spiro atoms. The first-order valence-electron chi connectivity index (χ1n) is 3.80. The summed E-state index contributed by atoms with van der Waals surface area (Å²) in [7, 11) is 1.89. The lowest BCUT2D eigenvalue weighted by Crippen LogP contribution is -2.36. The Hall–Kier alpha value is -0.410. The average Bonchev–Trinajstić information content (AvgIpc) is 1.79. The molecule has 0 fully saturated rings. The molecule has 66 valence electrons. The van der Waals surface area contributed by atoms with Gasteiger partial charge < -0.3 is 14.8 Å². The molecule has 0 saturated carbocycles. The van der Waals surface area contributed by atoms with Gasteiger partial charge in [0.15, 0.2) is 0 Å². The highest BCUT2D eigenvalue weighted by atomic mass is 16.3. The van der Waals surface area contributed by atoms with Crippen molar-refractivity contribution in [2.24, 2.45) is 0 Å². The van der Waals surface area contributed by atoms with Crippen molar-refractivity contribution < 1.29 is 9.90 Å². The first-order valence-corrected chi connectivity index (χ1v) is 3.80. The average molecular weight is 159 g/mol. The number of hydrogen-bond donors (Lipinski definition) is 1. The monoisotopic (exact) mass is 159 g/mol. The van der Waals surface area contributed by atoms with Crippen LogP contribution in [-0.2, 0) is 4.79 Å². The number of carbonyl (C=O) groups is 1. The van der Waals surface area contributed by atoms with Crippen LogP contribution in [0.25, 0.3) is 0 Å². The minimum atomic E-state index is -0.669. The SMILES string of the molecule is CN(CCC=O)CC(C)(C)O. The molecule has 0 atom stereocenters. The van der Waals surface area contributed by atoms with Crippen LogP contribution in [0.15, 0.2) is 0 Å². The highest BCUT2D eigenvalue weighted by molar-refractivity contribution is 5.49. The van der Waals surface area contributed by atoms with E-state index in [2.05, 4.69) is 0 Å². The van der Waals surface area contributed by atoms with E-state index in [1.54, 1.807) is 13.8 Å². The van der Waals surface area contributed by atoms with Crippen LogP contribution in [0.4, 0.5) is 0 Å². The van der Waals surface area contributed by atoms with Gasteiger partial charge in [0.25, 0.3) is 0 Å². The van der Waals surface area contributed by atoms with Crippen LogP contribution in [0, 0.1) is 0 Å². The predicted molar refractivity (Wildman–Crippen MR) is 44.5 cm³/mol. The van der Waals surface area contributed by atoms with E-state index in [9.17, 15) is 9.90 Å². The van der Waals surface area contributed by atoms with E-state index in [0.717, 1.165) is 6.29 Å². The quantitative estimate of drug-likeness (QED) is 0.586. The van der Waals surface area contributed by atoms with Crippen molar-refractivity contribution in [3.63, 3.8) is 0 Å². The molecule has 3 nitrogen and oxygen atoms in total. The summed E-state index contributed by atoms with van der Waals surface area (Å²) >= 11 is 0. The number of aliphatic hydroxyl groups is 1. The summed E-state index contributed by atoms with van der Waals surface area (Å²) < 4.78 is 0. The van der Waals surface area contributed by atoms with Gasteiger partial charge in [0, 0.05) is 19.5 Å². The Bertz CT molecular complexity index is 118. The van der Waals surface area contributed by atoms with Gasteiger partial charge in [-0.05, 0) is 20.9 Å². The van der Waals surface area contributed by atoms with E-state index >= 15 is 0 Å². The van der Waals surface area contributed by atoms with Gasteiger partial charge in [0.2, 0.25) is 0 Å². The van der Waals surface area contributed by atoms with Gasteiger partial charge in [-0.3, -0.25) is 0 Å². The third-order valence-electron chi connectivity index (χ3n) is 1.29. The summed E-state index contributed by atoms with van der Waals surface area (Å²) in [4.78, 5) is 11.9. The lowest BCUT2D eigenvalue weighted by atomic mass is 10.1. The second-order valence-electron chi connectivity index (χ2n) is 3.51. The lowest BCUT2D eigenvalue weighted by Gasteiger charge is -2.24. The number of aldehydes is 1. The second-order valence-corrected chi connectivity index (χ2v) is 3.51. The maximum absolute atomic E-state index is 9.99. The largest absolute Gasteiger partial charge is 0.389 e. The molecule has 0 aliphatic carbocycles. The first-order chi connectivity index (χ1) is 4.95. The highest BCUT2D eigenvalue weighted by Crippen LogP contribution is 2.02. The first kappa shape index (κ1) is 10.6. The molecule has 11 heavy (non-hydrogen) atoms. The summed E-state index contributed by atoms with van der Waals surface area (Å²) in [6, 6.07) is 0. The third-order valence-corrected chi connectivity index (χ3v) is 1.29. The van der Waals surface area contributed by atoms with Gasteiger partial charge in [-0.2, -0.15) is 0 Å². The summed E-state index contributed by atoms with van der Waals surface area (Å²) in [5.74, 6) is 0. The van der Waals surface area contributed by atoms with Crippen molar-refractivity contribution >= 4 is 6.29 Å². The molecule has 0 aliphatic rings. The molecule has 0 bridgehead atoms. The van der Waals surface area contributed by atoms with Gasteiger partial charge in [0.05, 0.1) is 5.60 Å². The van der Waals surface area contributed by atoms with Gasteiger partial charge in [0.1, 0.15) is 6.29 Å². The molecule has 0 heterocycles. The van der Waals surface area contributed by atoms with Crippen molar-refractivity contribution in [3.8, 4) is 0 Å². The molecular formula is C8H17NO2. The molecule has 0 aromatic rings.